The lowest BCUT2D eigenvalue weighted by atomic mass is 10.0. The predicted octanol–water partition coefficient (Wildman–Crippen LogP) is 3.37. The van der Waals surface area contributed by atoms with Gasteiger partial charge in [0.2, 0.25) is 17.7 Å². The van der Waals surface area contributed by atoms with Crippen LogP contribution in [0.25, 0.3) is 0 Å². The molecule has 1 atom stereocenters. The van der Waals surface area contributed by atoms with Gasteiger partial charge in [0.15, 0.2) is 0 Å². The first-order valence-corrected chi connectivity index (χ1v) is 12.9. The van der Waals surface area contributed by atoms with Gasteiger partial charge in [0.1, 0.15) is 12.1 Å². The molecule has 12 heteroatoms. The molecule has 198 valence electrons. The van der Waals surface area contributed by atoms with Crippen LogP contribution in [0.3, 0.4) is 0 Å². The van der Waals surface area contributed by atoms with Crippen LogP contribution in [0, 0.1) is 12.8 Å². The largest absolute Gasteiger partial charge is 0.340 e. The minimum Gasteiger partial charge on any atom is -0.340 e. The molecule has 6 rings (SSSR count). The van der Waals surface area contributed by atoms with E-state index in [1.807, 2.05) is 37.4 Å². The molecule has 1 aromatic carbocycles. The van der Waals surface area contributed by atoms with Gasteiger partial charge >= 0.3 is 0 Å². The van der Waals surface area contributed by atoms with Crippen molar-refractivity contribution < 1.29 is 9.59 Å². The first-order chi connectivity index (χ1) is 19.0. The van der Waals surface area contributed by atoms with E-state index in [0.717, 1.165) is 46.6 Å². The van der Waals surface area contributed by atoms with Crippen LogP contribution in [0.4, 0.5) is 28.8 Å². The van der Waals surface area contributed by atoms with Gasteiger partial charge in [-0.3, -0.25) is 19.7 Å². The Morgan fingerprint density at radius 1 is 1.08 bits per heavy atom. The van der Waals surface area contributed by atoms with Crippen molar-refractivity contribution in [1.82, 2.24) is 35.0 Å². The number of pyridine rings is 1. The van der Waals surface area contributed by atoms with Crippen LogP contribution in [0.1, 0.15) is 40.2 Å². The number of hydrogen-bond donors (Lipinski definition) is 4. The minimum absolute atomic E-state index is 0.0729. The Bertz CT molecular complexity index is 1520. The Morgan fingerprint density at radius 3 is 2.87 bits per heavy atom. The van der Waals surface area contributed by atoms with E-state index in [1.165, 1.54) is 6.33 Å². The molecule has 0 radical (unpaired) electrons. The van der Waals surface area contributed by atoms with E-state index in [9.17, 15) is 9.59 Å². The topological polar surface area (TPSA) is 154 Å². The fourth-order valence-corrected chi connectivity index (χ4v) is 4.97. The van der Waals surface area contributed by atoms with Gasteiger partial charge < -0.3 is 20.9 Å². The predicted molar refractivity (Wildman–Crippen MR) is 145 cm³/mol. The third-order valence-electron chi connectivity index (χ3n) is 7.00. The third-order valence-corrected chi connectivity index (χ3v) is 7.00. The molecular formula is C27H28N10O2. The van der Waals surface area contributed by atoms with Crippen LogP contribution >= 0.6 is 0 Å². The monoisotopic (exact) mass is 524 g/mol. The number of hydrogen-bond acceptors (Lipinski definition) is 9. The quantitative estimate of drug-likeness (QED) is 0.315. The van der Waals surface area contributed by atoms with Gasteiger partial charge in [-0.15, -0.1) is 5.10 Å². The number of anilines is 5. The van der Waals surface area contributed by atoms with Gasteiger partial charge in [-0.1, -0.05) is 0 Å². The summed E-state index contributed by atoms with van der Waals surface area (Å²) in [4.78, 5) is 44.7. The number of aryl methyl sites for hydroxylation is 3. The van der Waals surface area contributed by atoms with Gasteiger partial charge in [-0.2, -0.15) is 4.98 Å². The van der Waals surface area contributed by atoms with Gasteiger partial charge in [0.05, 0.1) is 11.9 Å². The van der Waals surface area contributed by atoms with Crippen molar-refractivity contribution in [2.24, 2.45) is 5.92 Å². The summed E-state index contributed by atoms with van der Waals surface area (Å²) < 4.78 is 0. The smallest absolute Gasteiger partial charge is 0.293 e. The van der Waals surface area contributed by atoms with Crippen LogP contribution in [-0.2, 0) is 17.6 Å². The summed E-state index contributed by atoms with van der Waals surface area (Å²) in [5, 5.41) is 16.2. The number of nitrogens with one attached hydrogen (secondary N) is 4. The van der Waals surface area contributed by atoms with Crippen molar-refractivity contribution in [3.63, 3.8) is 0 Å². The second-order valence-corrected chi connectivity index (χ2v) is 9.91. The maximum absolute atomic E-state index is 13.1. The van der Waals surface area contributed by atoms with Crippen LogP contribution in [0.5, 0.6) is 0 Å². The molecule has 2 aliphatic rings. The molecule has 2 aliphatic heterocycles. The Kier molecular flexibility index (Phi) is 6.57. The lowest BCUT2D eigenvalue weighted by Gasteiger charge is -2.16. The number of carbonyl (C=O) groups excluding carboxylic acids is 2. The molecule has 0 aliphatic carbocycles. The van der Waals surface area contributed by atoms with E-state index in [-0.39, 0.29) is 23.6 Å². The SMILES string of the molecule is Cc1cnc2nc1Nc1ccc(NC(=O)C[C@@H]3CCN(C(=O)c4nc[nH]n4)C3)c(c1)CCc1cncc(c1)N2. The Hall–Kier alpha value is -4.87. The van der Waals surface area contributed by atoms with Gasteiger partial charge in [0.25, 0.3) is 5.91 Å². The standard InChI is InChI=1S/C27H28N10O2/c1-16-11-29-27-33-21-8-17(12-28-13-21)2-3-19-10-20(32-24(16)35-27)4-5-22(19)34-23(38)9-18-6-7-37(14-18)26(39)25-30-15-31-36-25/h4-5,8,10-13,15,18H,2-3,6-7,9,14H2,1H3,(H,34,38)(H,30,31,36)(H2,29,32,33,35)/t18-/m0/s1. The number of aromatic amines is 1. The van der Waals surface area contributed by atoms with E-state index in [1.54, 1.807) is 17.3 Å². The Balaban J connectivity index is 1.19. The van der Waals surface area contributed by atoms with E-state index < -0.39 is 0 Å². The number of fused-ring (bicyclic) bond motifs is 6. The highest BCUT2D eigenvalue weighted by Crippen LogP contribution is 2.28. The fourth-order valence-electron chi connectivity index (χ4n) is 4.97. The Labute approximate surface area is 224 Å². The molecule has 4 N–H and O–H groups in total. The van der Waals surface area contributed by atoms with Crippen molar-refractivity contribution in [3.05, 3.63) is 71.7 Å². The number of likely N-dealkylation sites (tertiary alicyclic amines) is 1. The minimum atomic E-state index is -0.215. The second-order valence-electron chi connectivity index (χ2n) is 9.91. The highest BCUT2D eigenvalue weighted by Gasteiger charge is 2.30. The van der Waals surface area contributed by atoms with Gasteiger partial charge in [0, 0.05) is 48.8 Å². The first kappa shape index (κ1) is 24.5. The molecule has 0 saturated carbocycles. The zero-order chi connectivity index (χ0) is 26.8. The molecule has 6 bridgehead atoms. The molecule has 5 heterocycles. The van der Waals surface area contributed by atoms with Crippen molar-refractivity contribution in [2.45, 2.75) is 32.6 Å². The zero-order valence-corrected chi connectivity index (χ0v) is 21.4. The average molecular weight is 525 g/mol. The molecule has 12 nitrogen and oxygen atoms in total. The summed E-state index contributed by atoms with van der Waals surface area (Å²) in [6.07, 6.45) is 9.29. The van der Waals surface area contributed by atoms with Crippen LogP contribution < -0.4 is 16.0 Å². The molecule has 0 spiro atoms. The lowest BCUT2D eigenvalue weighted by molar-refractivity contribution is -0.117. The molecule has 2 amide bonds. The highest BCUT2D eigenvalue weighted by atomic mass is 16.2. The van der Waals surface area contributed by atoms with Crippen molar-refractivity contribution in [2.75, 3.05) is 29.0 Å². The van der Waals surface area contributed by atoms with E-state index in [4.69, 9.17) is 0 Å². The van der Waals surface area contributed by atoms with E-state index >= 15 is 0 Å². The summed E-state index contributed by atoms with van der Waals surface area (Å²) in [6, 6.07) is 7.94. The lowest BCUT2D eigenvalue weighted by Crippen LogP contribution is -2.30. The highest BCUT2D eigenvalue weighted by molar-refractivity contribution is 5.93. The summed E-state index contributed by atoms with van der Waals surface area (Å²) in [7, 11) is 0. The number of rotatable bonds is 4. The number of carbonyl (C=O) groups is 2. The number of amides is 2. The van der Waals surface area contributed by atoms with E-state index in [2.05, 4.69) is 46.1 Å². The molecule has 39 heavy (non-hydrogen) atoms. The molecule has 3 aromatic heterocycles. The zero-order valence-electron chi connectivity index (χ0n) is 21.4. The number of benzene rings is 1. The fraction of sp³-hybridized carbons (Fsp3) is 0.296. The Morgan fingerprint density at radius 2 is 2.00 bits per heavy atom. The molecule has 1 saturated heterocycles. The number of nitrogens with zero attached hydrogens (tertiary/aromatic N) is 6. The summed E-state index contributed by atoms with van der Waals surface area (Å²) >= 11 is 0. The van der Waals surface area contributed by atoms with Crippen molar-refractivity contribution >= 4 is 40.6 Å². The van der Waals surface area contributed by atoms with Gasteiger partial charge in [-0.05, 0) is 67.5 Å². The summed E-state index contributed by atoms with van der Waals surface area (Å²) in [6.45, 7) is 3.04. The third kappa shape index (κ3) is 5.54. The average Bonchev–Trinajstić information content (AvgIpc) is 3.63. The second kappa shape index (κ2) is 10.5. The summed E-state index contributed by atoms with van der Waals surface area (Å²) in [5.41, 5.74) is 5.43. The van der Waals surface area contributed by atoms with Crippen LogP contribution in [-0.4, -0.2) is 59.9 Å². The van der Waals surface area contributed by atoms with E-state index in [0.29, 0.717) is 37.7 Å². The maximum atomic E-state index is 13.1. The first-order valence-electron chi connectivity index (χ1n) is 12.9. The van der Waals surface area contributed by atoms with Crippen molar-refractivity contribution in [3.8, 4) is 0 Å². The van der Waals surface area contributed by atoms with Crippen LogP contribution in [0.2, 0.25) is 0 Å². The van der Waals surface area contributed by atoms with Crippen molar-refractivity contribution in [1.29, 1.82) is 0 Å². The molecule has 4 aromatic rings. The molecular weight excluding hydrogens is 496 g/mol. The number of aromatic nitrogens is 6. The maximum Gasteiger partial charge on any atom is 0.293 e. The molecule has 1 fully saturated rings. The molecule has 0 unspecified atom stereocenters. The number of H-pyrrole nitrogens is 1. The van der Waals surface area contributed by atoms with Gasteiger partial charge in [-0.25, -0.2) is 9.97 Å². The van der Waals surface area contributed by atoms with Crippen LogP contribution in [0.15, 0.2) is 49.2 Å². The normalized spacial score (nSPS) is 16.2. The summed E-state index contributed by atoms with van der Waals surface area (Å²) in [5.74, 6) is 1.13.